The molecule has 1 aromatic carbocycles. The summed E-state index contributed by atoms with van der Waals surface area (Å²) in [5, 5.41) is 0. The molecule has 0 amide bonds. The minimum absolute atomic E-state index is 0.271. The number of rotatable bonds is 14. The fraction of sp³-hybridized carbons (Fsp3) is 0.667. The quantitative estimate of drug-likeness (QED) is 0.302. The van der Waals surface area contributed by atoms with Crippen LogP contribution in [0.4, 0.5) is 0 Å². The van der Waals surface area contributed by atoms with E-state index >= 15 is 0 Å². The standard InChI is InChI=1S/C21H34O3/c1-3-5-7-9-13-17-23-20-16-12-11-15-19(20)21(22)24-18-14-10-8-6-4-2/h11-12,15-16H,3-10,13-14,17-18H2,1-2H3. The summed E-state index contributed by atoms with van der Waals surface area (Å²) in [6, 6.07) is 7.38. The molecule has 0 fully saturated rings. The number of carbonyl (C=O) groups is 1. The van der Waals surface area contributed by atoms with Crippen molar-refractivity contribution >= 4 is 5.97 Å². The first kappa shape index (κ1) is 20.5. The summed E-state index contributed by atoms with van der Waals surface area (Å²) in [4.78, 5) is 12.2. The first-order valence-electron chi connectivity index (χ1n) is 9.68. The summed E-state index contributed by atoms with van der Waals surface area (Å²) in [5.41, 5.74) is 0.541. The number of benzene rings is 1. The van der Waals surface area contributed by atoms with Gasteiger partial charge < -0.3 is 9.47 Å². The Balaban J connectivity index is 2.31. The Morgan fingerprint density at radius 1 is 0.792 bits per heavy atom. The van der Waals surface area contributed by atoms with Gasteiger partial charge in [-0.15, -0.1) is 0 Å². The smallest absolute Gasteiger partial charge is 0.341 e. The van der Waals surface area contributed by atoms with Gasteiger partial charge in [-0.25, -0.2) is 4.79 Å². The molecule has 0 saturated carbocycles. The monoisotopic (exact) mass is 334 g/mol. The molecule has 136 valence electrons. The Hall–Kier alpha value is -1.51. The molecule has 0 aromatic heterocycles. The highest BCUT2D eigenvalue weighted by Gasteiger charge is 2.13. The number of ether oxygens (including phenoxy) is 2. The molecular weight excluding hydrogens is 300 g/mol. The predicted molar refractivity (Wildman–Crippen MR) is 99.7 cm³/mol. The molecule has 0 radical (unpaired) electrons. The predicted octanol–water partition coefficient (Wildman–Crippen LogP) is 6.16. The first-order chi connectivity index (χ1) is 11.8. The number of para-hydroxylation sites is 1. The fourth-order valence-corrected chi connectivity index (χ4v) is 2.60. The van der Waals surface area contributed by atoms with Gasteiger partial charge in [-0.2, -0.15) is 0 Å². The van der Waals surface area contributed by atoms with Gasteiger partial charge in [0.25, 0.3) is 0 Å². The third kappa shape index (κ3) is 8.95. The molecule has 0 heterocycles. The molecule has 0 atom stereocenters. The largest absolute Gasteiger partial charge is 0.493 e. The summed E-state index contributed by atoms with van der Waals surface area (Å²) >= 11 is 0. The van der Waals surface area contributed by atoms with Gasteiger partial charge in [0.15, 0.2) is 0 Å². The van der Waals surface area contributed by atoms with Crippen LogP contribution in [0.3, 0.4) is 0 Å². The SMILES string of the molecule is CCCCCCCOC(=O)c1ccccc1OCCCCCCC. The van der Waals surface area contributed by atoms with Gasteiger partial charge in [-0.05, 0) is 25.0 Å². The molecule has 0 N–H and O–H groups in total. The maximum absolute atomic E-state index is 12.2. The van der Waals surface area contributed by atoms with Crippen LogP contribution in [-0.2, 0) is 4.74 Å². The van der Waals surface area contributed by atoms with Crippen LogP contribution < -0.4 is 4.74 Å². The Bertz CT molecular complexity index is 442. The van der Waals surface area contributed by atoms with Gasteiger partial charge in [-0.1, -0.05) is 77.3 Å². The summed E-state index contributed by atoms with van der Waals surface area (Å²) in [7, 11) is 0. The molecular formula is C21H34O3. The zero-order valence-electron chi connectivity index (χ0n) is 15.5. The van der Waals surface area contributed by atoms with Crippen molar-refractivity contribution in [3.8, 4) is 5.75 Å². The third-order valence-corrected chi connectivity index (χ3v) is 4.09. The van der Waals surface area contributed by atoms with Crippen LogP contribution in [-0.4, -0.2) is 19.2 Å². The Labute approximate surface area is 147 Å². The molecule has 1 rings (SSSR count). The minimum Gasteiger partial charge on any atom is -0.493 e. The van der Waals surface area contributed by atoms with Gasteiger partial charge in [0.1, 0.15) is 11.3 Å². The van der Waals surface area contributed by atoms with E-state index in [4.69, 9.17) is 9.47 Å². The Morgan fingerprint density at radius 2 is 1.38 bits per heavy atom. The molecule has 0 saturated heterocycles. The number of hydrogen-bond acceptors (Lipinski definition) is 3. The van der Waals surface area contributed by atoms with Crippen LogP contribution in [0.2, 0.25) is 0 Å². The zero-order valence-corrected chi connectivity index (χ0v) is 15.5. The maximum Gasteiger partial charge on any atom is 0.341 e. The van der Waals surface area contributed by atoms with E-state index in [-0.39, 0.29) is 5.97 Å². The van der Waals surface area contributed by atoms with E-state index in [0.29, 0.717) is 24.5 Å². The van der Waals surface area contributed by atoms with Gasteiger partial charge in [0.2, 0.25) is 0 Å². The summed E-state index contributed by atoms with van der Waals surface area (Å²) in [5.74, 6) is 0.371. The maximum atomic E-state index is 12.2. The summed E-state index contributed by atoms with van der Waals surface area (Å²) in [6.07, 6.45) is 11.7. The van der Waals surface area contributed by atoms with Crippen molar-refractivity contribution in [2.45, 2.75) is 78.1 Å². The minimum atomic E-state index is -0.271. The average molecular weight is 335 g/mol. The highest BCUT2D eigenvalue weighted by atomic mass is 16.5. The summed E-state index contributed by atoms with van der Waals surface area (Å²) in [6.45, 7) is 5.56. The summed E-state index contributed by atoms with van der Waals surface area (Å²) < 4.78 is 11.2. The molecule has 3 heteroatoms. The van der Waals surface area contributed by atoms with E-state index in [2.05, 4.69) is 13.8 Å². The van der Waals surface area contributed by atoms with Gasteiger partial charge in [0.05, 0.1) is 13.2 Å². The molecule has 0 aliphatic heterocycles. The van der Waals surface area contributed by atoms with Crippen molar-refractivity contribution in [3.05, 3.63) is 29.8 Å². The number of esters is 1. The second kappa shape index (κ2) is 13.9. The Morgan fingerprint density at radius 3 is 2.04 bits per heavy atom. The van der Waals surface area contributed by atoms with Crippen molar-refractivity contribution in [1.29, 1.82) is 0 Å². The van der Waals surface area contributed by atoms with E-state index in [1.807, 2.05) is 18.2 Å². The van der Waals surface area contributed by atoms with Crippen LogP contribution in [0.15, 0.2) is 24.3 Å². The lowest BCUT2D eigenvalue weighted by Gasteiger charge is -2.11. The molecule has 0 aliphatic carbocycles. The fourth-order valence-electron chi connectivity index (χ4n) is 2.60. The molecule has 24 heavy (non-hydrogen) atoms. The first-order valence-corrected chi connectivity index (χ1v) is 9.68. The van der Waals surface area contributed by atoms with Crippen LogP contribution in [0.5, 0.6) is 5.75 Å². The average Bonchev–Trinajstić information content (AvgIpc) is 2.61. The van der Waals surface area contributed by atoms with Crippen molar-refractivity contribution in [2.24, 2.45) is 0 Å². The molecule has 1 aromatic rings. The number of hydrogen-bond donors (Lipinski definition) is 0. The highest BCUT2D eigenvalue weighted by molar-refractivity contribution is 5.92. The van der Waals surface area contributed by atoms with Crippen molar-refractivity contribution in [2.75, 3.05) is 13.2 Å². The zero-order chi connectivity index (χ0) is 17.5. The third-order valence-electron chi connectivity index (χ3n) is 4.09. The van der Waals surface area contributed by atoms with Crippen molar-refractivity contribution < 1.29 is 14.3 Å². The lowest BCUT2D eigenvalue weighted by atomic mass is 10.1. The molecule has 0 aliphatic rings. The molecule has 0 spiro atoms. The van der Waals surface area contributed by atoms with E-state index in [1.54, 1.807) is 6.07 Å². The molecule has 3 nitrogen and oxygen atoms in total. The topological polar surface area (TPSA) is 35.5 Å². The van der Waals surface area contributed by atoms with E-state index in [9.17, 15) is 4.79 Å². The number of carbonyl (C=O) groups excluding carboxylic acids is 1. The number of unbranched alkanes of at least 4 members (excludes halogenated alkanes) is 8. The van der Waals surface area contributed by atoms with Crippen LogP contribution in [0.1, 0.15) is 88.4 Å². The van der Waals surface area contributed by atoms with Gasteiger partial charge in [-0.3, -0.25) is 0 Å². The van der Waals surface area contributed by atoms with E-state index < -0.39 is 0 Å². The van der Waals surface area contributed by atoms with E-state index in [1.165, 1.54) is 44.9 Å². The van der Waals surface area contributed by atoms with Crippen LogP contribution in [0.25, 0.3) is 0 Å². The lowest BCUT2D eigenvalue weighted by Crippen LogP contribution is -2.09. The van der Waals surface area contributed by atoms with Gasteiger partial charge in [0, 0.05) is 0 Å². The van der Waals surface area contributed by atoms with E-state index in [0.717, 1.165) is 19.3 Å². The molecule has 0 bridgehead atoms. The van der Waals surface area contributed by atoms with Crippen LogP contribution in [0, 0.1) is 0 Å². The van der Waals surface area contributed by atoms with Gasteiger partial charge >= 0.3 is 5.97 Å². The highest BCUT2D eigenvalue weighted by Crippen LogP contribution is 2.20. The van der Waals surface area contributed by atoms with Crippen molar-refractivity contribution in [3.63, 3.8) is 0 Å². The second-order valence-electron chi connectivity index (χ2n) is 6.31. The molecule has 0 unspecified atom stereocenters. The van der Waals surface area contributed by atoms with Crippen molar-refractivity contribution in [1.82, 2.24) is 0 Å². The lowest BCUT2D eigenvalue weighted by molar-refractivity contribution is 0.0493. The second-order valence-corrected chi connectivity index (χ2v) is 6.31. The normalized spacial score (nSPS) is 10.6. The van der Waals surface area contributed by atoms with Crippen LogP contribution >= 0.6 is 0 Å². The Kier molecular flexibility index (Phi) is 11.9.